The molecule has 184 valence electrons. The topological polar surface area (TPSA) is 122 Å². The Bertz CT molecular complexity index is 1310. The van der Waals surface area contributed by atoms with Gasteiger partial charge < -0.3 is 15.4 Å². The maximum absolute atomic E-state index is 13.1. The molecule has 0 unspecified atom stereocenters. The largest absolute Gasteiger partial charge is 0.472 e. The van der Waals surface area contributed by atoms with Crippen molar-refractivity contribution in [3.05, 3.63) is 65.2 Å². The Hall–Kier alpha value is -3.34. The summed E-state index contributed by atoms with van der Waals surface area (Å²) in [5, 5.41) is 6.58. The van der Waals surface area contributed by atoms with E-state index in [-0.39, 0.29) is 34.4 Å². The molecule has 1 fully saturated rings. The van der Waals surface area contributed by atoms with Crippen molar-refractivity contribution in [1.29, 1.82) is 0 Å². The predicted molar refractivity (Wildman–Crippen MR) is 134 cm³/mol. The lowest BCUT2D eigenvalue weighted by molar-refractivity contribution is 0.112. The van der Waals surface area contributed by atoms with Crippen LogP contribution < -0.4 is 20.1 Å². The van der Waals surface area contributed by atoms with E-state index in [9.17, 15) is 13.2 Å². The van der Waals surface area contributed by atoms with Gasteiger partial charge in [0.25, 0.3) is 10.0 Å². The van der Waals surface area contributed by atoms with Crippen molar-refractivity contribution in [2.24, 2.45) is 0 Å². The van der Waals surface area contributed by atoms with Gasteiger partial charge in [-0.1, -0.05) is 30.3 Å². The predicted octanol–water partition coefficient (Wildman–Crippen LogP) is 2.70. The molecule has 0 bridgehead atoms. The molecule has 4 rings (SSSR count). The van der Waals surface area contributed by atoms with Gasteiger partial charge in [0.2, 0.25) is 11.8 Å². The minimum atomic E-state index is -4.04. The zero-order chi connectivity index (χ0) is 25.0. The van der Waals surface area contributed by atoms with E-state index in [1.807, 2.05) is 39.1 Å². The number of anilines is 1. The molecule has 0 spiro atoms. The Morgan fingerprint density at radius 3 is 2.54 bits per heavy atom. The van der Waals surface area contributed by atoms with Crippen LogP contribution in [0.1, 0.15) is 27.9 Å². The molecule has 2 heterocycles. The van der Waals surface area contributed by atoms with Crippen LogP contribution in [0, 0.1) is 13.8 Å². The van der Waals surface area contributed by atoms with Crippen LogP contribution in [0.3, 0.4) is 0 Å². The summed E-state index contributed by atoms with van der Waals surface area (Å²) in [7, 11) is -2.16. The number of likely N-dealkylation sites (N-methyl/N-ethyl adjacent to an activating group) is 1. The number of nitrogens with one attached hydrogen (secondary N) is 3. The molecule has 9 nitrogen and oxygen atoms in total. The van der Waals surface area contributed by atoms with Gasteiger partial charge in [-0.25, -0.2) is 18.1 Å². The first-order valence-corrected chi connectivity index (χ1v) is 12.9. The lowest BCUT2D eigenvalue weighted by atomic mass is 10.00. The summed E-state index contributed by atoms with van der Waals surface area (Å²) < 4.78 is 34.9. The Labute approximate surface area is 205 Å². The first-order chi connectivity index (χ1) is 16.8. The standard InChI is InChI=1S/C25H29N5O4S/c1-16-6-4-7-17(2)24(16)20-13-23(34-22-10-11-27-14-21(22)26-3)29-25(28-20)30-35(32,33)19-9-5-8-18(12-19)15-31/h4-9,12-13,15,21-22,26-27H,10-11,14H2,1-3H3,(H,28,29,30)/t21-,22-/m1/s1. The molecule has 2 atom stereocenters. The van der Waals surface area contributed by atoms with Crippen LogP contribution in [0.25, 0.3) is 11.3 Å². The molecule has 0 saturated carbocycles. The van der Waals surface area contributed by atoms with Crippen LogP contribution in [-0.4, -0.2) is 57.0 Å². The maximum atomic E-state index is 13.1. The highest BCUT2D eigenvalue weighted by Gasteiger charge is 2.27. The van der Waals surface area contributed by atoms with E-state index in [4.69, 9.17) is 4.74 Å². The summed E-state index contributed by atoms with van der Waals surface area (Å²) >= 11 is 0. The van der Waals surface area contributed by atoms with Crippen LogP contribution in [0.5, 0.6) is 5.88 Å². The van der Waals surface area contributed by atoms with Gasteiger partial charge in [-0.05, 0) is 57.1 Å². The average Bonchev–Trinajstić information content (AvgIpc) is 2.84. The summed E-state index contributed by atoms with van der Waals surface area (Å²) in [6.07, 6.45) is 1.23. The zero-order valence-corrected chi connectivity index (χ0v) is 20.7. The summed E-state index contributed by atoms with van der Waals surface area (Å²) in [6.45, 7) is 5.51. The van der Waals surface area contributed by atoms with Crippen molar-refractivity contribution < 1.29 is 17.9 Å². The third-order valence-electron chi connectivity index (χ3n) is 6.03. The van der Waals surface area contributed by atoms with Crippen molar-refractivity contribution in [1.82, 2.24) is 20.6 Å². The second-order valence-corrected chi connectivity index (χ2v) is 10.2. The third kappa shape index (κ3) is 5.67. The van der Waals surface area contributed by atoms with Gasteiger partial charge in [0, 0.05) is 23.7 Å². The van der Waals surface area contributed by atoms with Crippen LogP contribution >= 0.6 is 0 Å². The molecule has 3 N–H and O–H groups in total. The number of aryl methyl sites for hydroxylation is 2. The normalized spacial score (nSPS) is 18.1. The summed E-state index contributed by atoms with van der Waals surface area (Å²) in [5.41, 5.74) is 3.69. The van der Waals surface area contributed by atoms with E-state index in [1.54, 1.807) is 6.07 Å². The Morgan fingerprint density at radius 1 is 1.09 bits per heavy atom. The lowest BCUT2D eigenvalue weighted by Gasteiger charge is -2.31. The molecular formula is C25H29N5O4S. The van der Waals surface area contributed by atoms with Crippen LogP contribution in [0.4, 0.5) is 5.95 Å². The van der Waals surface area contributed by atoms with Crippen LogP contribution in [0.2, 0.25) is 0 Å². The Kier molecular flexibility index (Phi) is 7.44. The fourth-order valence-corrected chi connectivity index (χ4v) is 5.23. The van der Waals surface area contributed by atoms with Crippen molar-refractivity contribution in [2.75, 3.05) is 24.9 Å². The number of carbonyl (C=O) groups is 1. The summed E-state index contributed by atoms with van der Waals surface area (Å²) in [4.78, 5) is 20.0. The van der Waals surface area contributed by atoms with Gasteiger partial charge in [-0.2, -0.15) is 4.98 Å². The summed E-state index contributed by atoms with van der Waals surface area (Å²) in [5.74, 6) is 0.177. The molecule has 0 amide bonds. The molecule has 3 aromatic rings. The van der Waals surface area contributed by atoms with Crippen LogP contribution in [-0.2, 0) is 10.0 Å². The molecule has 1 aliphatic heterocycles. The number of hydrogen-bond donors (Lipinski definition) is 3. The third-order valence-corrected chi connectivity index (χ3v) is 7.36. The number of piperidine rings is 1. The van der Waals surface area contributed by atoms with Gasteiger partial charge in [-0.3, -0.25) is 4.79 Å². The van der Waals surface area contributed by atoms with E-state index < -0.39 is 10.0 Å². The van der Waals surface area contributed by atoms with Crippen molar-refractivity contribution in [3.8, 4) is 17.1 Å². The number of benzene rings is 2. The smallest absolute Gasteiger partial charge is 0.264 e. The highest BCUT2D eigenvalue weighted by atomic mass is 32.2. The molecule has 10 heteroatoms. The van der Waals surface area contributed by atoms with E-state index in [0.29, 0.717) is 12.0 Å². The van der Waals surface area contributed by atoms with Gasteiger partial charge in [-0.15, -0.1) is 0 Å². The molecule has 1 aliphatic rings. The first kappa shape index (κ1) is 24.8. The van der Waals surface area contributed by atoms with Crippen molar-refractivity contribution in [2.45, 2.75) is 37.3 Å². The van der Waals surface area contributed by atoms with E-state index in [1.165, 1.54) is 24.3 Å². The first-order valence-electron chi connectivity index (χ1n) is 11.4. The molecule has 2 aromatic carbocycles. The monoisotopic (exact) mass is 495 g/mol. The molecular weight excluding hydrogens is 466 g/mol. The molecule has 0 radical (unpaired) electrons. The van der Waals surface area contributed by atoms with Crippen LogP contribution in [0.15, 0.2) is 53.4 Å². The number of aldehydes is 1. The van der Waals surface area contributed by atoms with Crippen molar-refractivity contribution in [3.63, 3.8) is 0 Å². The minimum Gasteiger partial charge on any atom is -0.472 e. The number of rotatable bonds is 8. The molecule has 35 heavy (non-hydrogen) atoms. The fourth-order valence-electron chi connectivity index (χ4n) is 4.23. The van der Waals surface area contributed by atoms with Gasteiger partial charge in [0.1, 0.15) is 12.4 Å². The molecule has 1 aromatic heterocycles. The fraction of sp³-hybridized carbons (Fsp3) is 0.320. The van der Waals surface area contributed by atoms with Gasteiger partial charge in [0.05, 0.1) is 16.6 Å². The minimum absolute atomic E-state index is 0.0563. The van der Waals surface area contributed by atoms with Crippen molar-refractivity contribution >= 4 is 22.3 Å². The Balaban J connectivity index is 1.75. The second kappa shape index (κ2) is 10.5. The number of nitrogens with zero attached hydrogens (tertiary/aromatic N) is 2. The number of hydrogen-bond acceptors (Lipinski definition) is 8. The summed E-state index contributed by atoms with van der Waals surface area (Å²) in [6, 6.07) is 13.5. The second-order valence-electron chi connectivity index (χ2n) is 8.52. The van der Waals surface area contributed by atoms with E-state index in [2.05, 4.69) is 25.3 Å². The number of aromatic nitrogens is 2. The number of sulfonamides is 1. The van der Waals surface area contributed by atoms with Gasteiger partial charge in [0.15, 0.2) is 0 Å². The SMILES string of the molecule is CN[C@@H]1CNCC[C@H]1Oc1cc(-c2c(C)cccc2C)nc(NS(=O)(=O)c2cccc(C=O)c2)n1. The number of carbonyl (C=O) groups excluding carboxylic acids is 1. The highest BCUT2D eigenvalue weighted by Crippen LogP contribution is 2.30. The highest BCUT2D eigenvalue weighted by molar-refractivity contribution is 7.92. The van der Waals surface area contributed by atoms with E-state index >= 15 is 0 Å². The average molecular weight is 496 g/mol. The van der Waals surface area contributed by atoms with E-state index in [0.717, 1.165) is 36.2 Å². The lowest BCUT2D eigenvalue weighted by Crippen LogP contribution is -2.53. The quantitative estimate of drug-likeness (QED) is 0.408. The maximum Gasteiger partial charge on any atom is 0.264 e. The Morgan fingerprint density at radius 2 is 1.83 bits per heavy atom. The zero-order valence-electron chi connectivity index (χ0n) is 19.9. The van der Waals surface area contributed by atoms with Gasteiger partial charge >= 0.3 is 0 Å². The molecule has 1 saturated heterocycles. The molecule has 0 aliphatic carbocycles. The number of ether oxygens (including phenoxy) is 1.